The molecule has 1 atom stereocenters. The summed E-state index contributed by atoms with van der Waals surface area (Å²) in [4.78, 5) is 29.0. The molecular weight excluding hydrogens is 372 g/mol. The topological polar surface area (TPSA) is 58.6 Å². The molecule has 0 aromatic carbocycles. The number of methoxy groups -OCH3 is 1. The first-order valence-electron chi connectivity index (χ1n) is 10.4. The predicted molar refractivity (Wildman–Crippen MR) is 113 cm³/mol. The number of thiophene rings is 1. The Bertz CT molecular complexity index is 858. The van der Waals surface area contributed by atoms with Gasteiger partial charge in [-0.3, -0.25) is 4.79 Å². The molecule has 0 unspecified atom stereocenters. The molecule has 0 N–H and O–H groups in total. The van der Waals surface area contributed by atoms with Gasteiger partial charge >= 0.3 is 0 Å². The Morgan fingerprint density at radius 3 is 2.75 bits per heavy atom. The van der Waals surface area contributed by atoms with E-state index in [-0.39, 0.29) is 12.5 Å². The molecule has 2 aromatic heterocycles. The van der Waals surface area contributed by atoms with E-state index in [1.165, 1.54) is 22.2 Å². The Balaban J connectivity index is 1.67. The standard InChI is InChI=1S/C21H30N4O2S/c1-4-5-17-22-20(25-10-8-24(9-11-25)18(26)13-27-3)19-15-7-6-14(2)12-16(15)28-21(19)23-17/h14H,4-13H2,1-3H3/t14-/m0/s1. The number of ether oxygens (including phenoxy) is 1. The van der Waals surface area contributed by atoms with Gasteiger partial charge in [-0.15, -0.1) is 11.3 Å². The van der Waals surface area contributed by atoms with Crippen LogP contribution in [0.5, 0.6) is 0 Å². The minimum absolute atomic E-state index is 0.0727. The molecule has 1 amide bonds. The summed E-state index contributed by atoms with van der Waals surface area (Å²) < 4.78 is 5.01. The van der Waals surface area contributed by atoms with Gasteiger partial charge in [-0.2, -0.15) is 0 Å². The fourth-order valence-corrected chi connectivity index (χ4v) is 5.71. The summed E-state index contributed by atoms with van der Waals surface area (Å²) in [7, 11) is 1.57. The second-order valence-corrected chi connectivity index (χ2v) is 9.13. The molecule has 2 aliphatic rings. The van der Waals surface area contributed by atoms with Gasteiger partial charge in [0.05, 0.1) is 5.39 Å². The van der Waals surface area contributed by atoms with E-state index in [9.17, 15) is 4.79 Å². The number of hydrogen-bond acceptors (Lipinski definition) is 6. The van der Waals surface area contributed by atoms with Gasteiger partial charge in [0.2, 0.25) is 5.91 Å². The van der Waals surface area contributed by atoms with Crippen molar-refractivity contribution in [3.05, 3.63) is 16.3 Å². The van der Waals surface area contributed by atoms with Crippen molar-refractivity contribution in [2.24, 2.45) is 5.92 Å². The van der Waals surface area contributed by atoms with Crippen LogP contribution in [0.3, 0.4) is 0 Å². The molecule has 7 heteroatoms. The Morgan fingerprint density at radius 1 is 1.25 bits per heavy atom. The van der Waals surface area contributed by atoms with Crippen LogP contribution < -0.4 is 4.90 Å². The monoisotopic (exact) mass is 402 g/mol. The minimum Gasteiger partial charge on any atom is -0.375 e. The first kappa shape index (κ1) is 19.6. The lowest BCUT2D eigenvalue weighted by atomic mass is 9.89. The average Bonchev–Trinajstić information content (AvgIpc) is 3.05. The number of anilines is 1. The van der Waals surface area contributed by atoms with Crippen LogP contribution in [0.1, 0.15) is 43.0 Å². The van der Waals surface area contributed by atoms with Crippen LogP contribution in [-0.2, 0) is 28.8 Å². The largest absolute Gasteiger partial charge is 0.375 e. The molecular formula is C21H30N4O2S. The van der Waals surface area contributed by atoms with Crippen LogP contribution in [0.4, 0.5) is 5.82 Å². The zero-order valence-electron chi connectivity index (χ0n) is 17.2. The summed E-state index contributed by atoms with van der Waals surface area (Å²) >= 11 is 1.87. The number of carbonyl (C=O) groups is 1. The fourth-order valence-electron chi connectivity index (χ4n) is 4.31. The molecule has 28 heavy (non-hydrogen) atoms. The number of nitrogens with zero attached hydrogens (tertiary/aromatic N) is 4. The zero-order chi connectivity index (χ0) is 19.7. The minimum atomic E-state index is 0.0727. The molecule has 2 aromatic rings. The van der Waals surface area contributed by atoms with Gasteiger partial charge in [0.25, 0.3) is 0 Å². The highest BCUT2D eigenvalue weighted by Crippen LogP contribution is 2.41. The van der Waals surface area contributed by atoms with Crippen LogP contribution in [0.2, 0.25) is 0 Å². The first-order chi connectivity index (χ1) is 13.6. The number of amides is 1. The van der Waals surface area contributed by atoms with Crippen molar-refractivity contribution >= 4 is 33.3 Å². The number of aryl methyl sites for hydroxylation is 2. The lowest BCUT2D eigenvalue weighted by Crippen LogP contribution is -2.50. The molecule has 1 aliphatic heterocycles. The van der Waals surface area contributed by atoms with Gasteiger partial charge in [0, 0.05) is 44.6 Å². The SMILES string of the molecule is CCCc1nc(N2CCN(C(=O)COC)CC2)c2c3c(sc2n1)C[C@@H](C)CC3. The van der Waals surface area contributed by atoms with E-state index in [1.807, 2.05) is 16.2 Å². The number of piperazine rings is 1. The van der Waals surface area contributed by atoms with Crippen LogP contribution in [0.25, 0.3) is 10.2 Å². The molecule has 1 aliphatic carbocycles. The third-order valence-corrected chi connectivity index (χ3v) is 7.00. The molecule has 1 saturated heterocycles. The number of fused-ring (bicyclic) bond motifs is 3. The van der Waals surface area contributed by atoms with Gasteiger partial charge in [0.15, 0.2) is 0 Å². The summed E-state index contributed by atoms with van der Waals surface area (Å²) in [6.45, 7) is 7.75. The van der Waals surface area contributed by atoms with Crippen molar-refractivity contribution < 1.29 is 9.53 Å². The molecule has 0 saturated carbocycles. The average molecular weight is 403 g/mol. The highest BCUT2D eigenvalue weighted by atomic mass is 32.1. The first-order valence-corrected chi connectivity index (χ1v) is 11.2. The summed E-state index contributed by atoms with van der Waals surface area (Å²) in [6, 6.07) is 0. The second kappa shape index (κ2) is 8.33. The van der Waals surface area contributed by atoms with E-state index in [2.05, 4.69) is 18.7 Å². The molecule has 152 valence electrons. The number of hydrogen-bond donors (Lipinski definition) is 0. The lowest BCUT2D eigenvalue weighted by Gasteiger charge is -2.36. The van der Waals surface area contributed by atoms with Crippen LogP contribution >= 0.6 is 11.3 Å². The summed E-state index contributed by atoms with van der Waals surface area (Å²) in [5.41, 5.74) is 1.48. The third-order valence-electron chi connectivity index (χ3n) is 5.86. The summed E-state index contributed by atoms with van der Waals surface area (Å²) in [5, 5.41) is 1.28. The van der Waals surface area contributed by atoms with Crippen molar-refractivity contribution in [2.45, 2.75) is 46.0 Å². The van der Waals surface area contributed by atoms with E-state index in [1.54, 1.807) is 7.11 Å². The molecule has 1 fully saturated rings. The molecule has 4 rings (SSSR count). The molecule has 3 heterocycles. The Labute approximate surface area is 170 Å². The Hall–Kier alpha value is -1.73. The van der Waals surface area contributed by atoms with Gasteiger partial charge in [-0.25, -0.2) is 9.97 Å². The molecule has 0 bridgehead atoms. The van der Waals surface area contributed by atoms with E-state index in [0.717, 1.165) is 74.3 Å². The van der Waals surface area contributed by atoms with Gasteiger partial charge < -0.3 is 14.5 Å². The number of carbonyl (C=O) groups excluding carboxylic acids is 1. The highest BCUT2D eigenvalue weighted by Gasteiger charge is 2.28. The van der Waals surface area contributed by atoms with Crippen molar-refractivity contribution in [3.8, 4) is 0 Å². The van der Waals surface area contributed by atoms with E-state index < -0.39 is 0 Å². The lowest BCUT2D eigenvalue weighted by molar-refractivity contribution is -0.135. The van der Waals surface area contributed by atoms with Crippen LogP contribution in [-0.4, -0.2) is 60.7 Å². The van der Waals surface area contributed by atoms with Crippen LogP contribution in [0.15, 0.2) is 0 Å². The quantitative estimate of drug-likeness (QED) is 0.769. The second-order valence-electron chi connectivity index (χ2n) is 8.05. The Morgan fingerprint density at radius 2 is 2.04 bits per heavy atom. The van der Waals surface area contributed by atoms with Gasteiger partial charge in [-0.1, -0.05) is 13.8 Å². The third kappa shape index (κ3) is 3.74. The molecule has 6 nitrogen and oxygen atoms in total. The maximum atomic E-state index is 12.1. The predicted octanol–water partition coefficient (Wildman–Crippen LogP) is 3.06. The molecule has 0 radical (unpaired) electrons. The summed E-state index contributed by atoms with van der Waals surface area (Å²) in [5.74, 6) is 2.87. The van der Waals surface area contributed by atoms with E-state index in [0.29, 0.717) is 0 Å². The van der Waals surface area contributed by atoms with Crippen molar-refractivity contribution in [1.82, 2.24) is 14.9 Å². The highest BCUT2D eigenvalue weighted by molar-refractivity contribution is 7.19. The zero-order valence-corrected chi connectivity index (χ0v) is 18.0. The maximum absolute atomic E-state index is 12.1. The maximum Gasteiger partial charge on any atom is 0.248 e. The van der Waals surface area contributed by atoms with Crippen LogP contribution in [0, 0.1) is 5.92 Å². The van der Waals surface area contributed by atoms with Gasteiger partial charge in [-0.05, 0) is 37.2 Å². The Kier molecular flexibility index (Phi) is 5.83. The van der Waals surface area contributed by atoms with E-state index in [4.69, 9.17) is 14.7 Å². The molecule has 0 spiro atoms. The number of rotatable bonds is 5. The van der Waals surface area contributed by atoms with Crippen molar-refractivity contribution in [2.75, 3.05) is 44.8 Å². The normalized spacial score (nSPS) is 19.9. The summed E-state index contributed by atoms with van der Waals surface area (Å²) in [6.07, 6.45) is 5.50. The van der Waals surface area contributed by atoms with E-state index >= 15 is 0 Å². The fraction of sp³-hybridized carbons (Fsp3) is 0.667. The smallest absolute Gasteiger partial charge is 0.248 e. The number of aromatic nitrogens is 2. The van der Waals surface area contributed by atoms with Crippen molar-refractivity contribution in [1.29, 1.82) is 0 Å². The van der Waals surface area contributed by atoms with Gasteiger partial charge in [0.1, 0.15) is 23.1 Å². The van der Waals surface area contributed by atoms with Crippen molar-refractivity contribution in [3.63, 3.8) is 0 Å².